The molecule has 13 nitrogen and oxygen atoms in total. The maximum atomic E-state index is 11.7. The lowest BCUT2D eigenvalue weighted by molar-refractivity contribution is 0.412. The molecule has 3 aromatic rings. The van der Waals surface area contributed by atoms with Crippen LogP contribution in [0.4, 0.5) is 23.0 Å². The van der Waals surface area contributed by atoms with Crippen LogP contribution in [-0.4, -0.2) is 43.1 Å². The lowest BCUT2D eigenvalue weighted by atomic mass is 10.1. The number of hydrogen-bond acceptors (Lipinski definition) is 12. The normalized spacial score (nSPS) is 11.5. The molecule has 32 heavy (non-hydrogen) atoms. The molecule has 0 aliphatic heterocycles. The van der Waals surface area contributed by atoms with Crippen molar-refractivity contribution >= 4 is 56.3 Å². The predicted molar refractivity (Wildman–Crippen MR) is 111 cm³/mol. The van der Waals surface area contributed by atoms with Crippen LogP contribution in [0, 0.1) is 18.3 Å². The van der Waals surface area contributed by atoms with E-state index in [1.807, 2.05) is 0 Å². The summed E-state index contributed by atoms with van der Waals surface area (Å²) in [5.41, 5.74) is -0.666. The lowest BCUT2D eigenvalue weighted by Crippen LogP contribution is -2.01. The number of halogens is 2. The molecule has 1 aromatic carbocycles. The summed E-state index contributed by atoms with van der Waals surface area (Å²) in [6.45, 7) is 1.37. The van der Waals surface area contributed by atoms with Crippen LogP contribution < -0.4 is 5.32 Å². The third kappa shape index (κ3) is 4.98. The van der Waals surface area contributed by atoms with E-state index >= 15 is 0 Å². The Labute approximate surface area is 189 Å². The molecule has 0 aliphatic rings. The summed E-state index contributed by atoms with van der Waals surface area (Å²) in [6, 6.07) is 5.17. The van der Waals surface area contributed by atoms with Crippen LogP contribution in [0.3, 0.4) is 0 Å². The van der Waals surface area contributed by atoms with Crippen LogP contribution in [-0.2, 0) is 10.1 Å². The van der Waals surface area contributed by atoms with Gasteiger partial charge < -0.3 is 15.5 Å². The summed E-state index contributed by atoms with van der Waals surface area (Å²) in [5, 5.41) is 38.5. The van der Waals surface area contributed by atoms with E-state index in [1.54, 1.807) is 6.07 Å². The van der Waals surface area contributed by atoms with Crippen molar-refractivity contribution in [2.75, 3.05) is 5.32 Å². The van der Waals surface area contributed by atoms with E-state index in [0.29, 0.717) is 0 Å². The molecule has 2 aromatic heterocycles. The fourth-order valence-corrected chi connectivity index (χ4v) is 3.39. The molecular formula is C16H10Cl2N8O5S. The smallest absolute Gasteiger partial charge is 0.296 e. The summed E-state index contributed by atoms with van der Waals surface area (Å²) in [4.78, 5) is 14.0. The van der Waals surface area contributed by atoms with Gasteiger partial charge in [-0.2, -0.15) is 33.6 Å². The molecule has 4 N–H and O–H groups in total. The number of nitrogens with zero attached hydrogens (tertiary/aromatic N) is 7. The summed E-state index contributed by atoms with van der Waals surface area (Å²) >= 11 is 11.4. The highest BCUT2D eigenvalue weighted by atomic mass is 35.5. The summed E-state index contributed by atoms with van der Waals surface area (Å²) < 4.78 is 33.0. The topological polar surface area (TPSA) is 207 Å². The van der Waals surface area contributed by atoms with Crippen LogP contribution in [0.2, 0.25) is 10.6 Å². The van der Waals surface area contributed by atoms with Gasteiger partial charge in [-0.1, -0.05) is 0 Å². The average molecular weight is 497 g/mol. The maximum Gasteiger partial charge on any atom is 0.296 e. The number of aromatic hydroxyl groups is 2. The molecule has 0 aliphatic carbocycles. The second kappa shape index (κ2) is 8.85. The van der Waals surface area contributed by atoms with Crippen molar-refractivity contribution in [3.63, 3.8) is 0 Å². The van der Waals surface area contributed by atoms with E-state index < -0.39 is 26.8 Å². The third-order valence-corrected chi connectivity index (χ3v) is 5.06. The van der Waals surface area contributed by atoms with Gasteiger partial charge >= 0.3 is 0 Å². The number of anilines is 2. The number of pyridine rings is 1. The highest BCUT2D eigenvalue weighted by Gasteiger charge is 2.19. The van der Waals surface area contributed by atoms with Crippen molar-refractivity contribution in [1.29, 1.82) is 5.26 Å². The third-order valence-electron chi connectivity index (χ3n) is 3.82. The largest absolute Gasteiger partial charge is 0.492 e. The SMILES string of the molecule is Cc1c(C#N)c(O)nc(O)c1N=Nc1cc(Nc2nc(Cl)nc(Cl)n2)ccc1S(=O)(=O)O. The van der Waals surface area contributed by atoms with Crippen molar-refractivity contribution in [3.8, 4) is 17.8 Å². The molecule has 0 amide bonds. The fraction of sp³-hybridized carbons (Fsp3) is 0.0625. The van der Waals surface area contributed by atoms with Crippen LogP contribution >= 0.6 is 23.2 Å². The van der Waals surface area contributed by atoms with Crippen molar-refractivity contribution < 1.29 is 23.2 Å². The van der Waals surface area contributed by atoms with Crippen LogP contribution in [0.5, 0.6) is 11.8 Å². The van der Waals surface area contributed by atoms with Gasteiger partial charge in [0.25, 0.3) is 10.1 Å². The highest BCUT2D eigenvalue weighted by molar-refractivity contribution is 7.86. The molecule has 164 valence electrons. The molecule has 0 unspecified atom stereocenters. The first-order chi connectivity index (χ1) is 15.0. The molecule has 0 bridgehead atoms. The van der Waals surface area contributed by atoms with Gasteiger partial charge in [0.2, 0.25) is 28.3 Å². The Morgan fingerprint density at radius 1 is 1.06 bits per heavy atom. The van der Waals surface area contributed by atoms with Gasteiger partial charge in [-0.3, -0.25) is 4.55 Å². The second-order valence-corrected chi connectivity index (χ2v) is 7.97. The first-order valence-electron chi connectivity index (χ1n) is 8.19. The summed E-state index contributed by atoms with van der Waals surface area (Å²) in [6.07, 6.45) is 0. The number of nitrogens with one attached hydrogen (secondary N) is 1. The molecular weight excluding hydrogens is 487 g/mol. The Morgan fingerprint density at radius 2 is 1.72 bits per heavy atom. The minimum atomic E-state index is -4.72. The van der Waals surface area contributed by atoms with E-state index in [0.717, 1.165) is 6.07 Å². The Kier molecular flexibility index (Phi) is 6.37. The van der Waals surface area contributed by atoms with Gasteiger partial charge in [0.1, 0.15) is 22.2 Å². The van der Waals surface area contributed by atoms with Crippen LogP contribution in [0.1, 0.15) is 11.1 Å². The fourth-order valence-electron chi connectivity index (χ4n) is 2.42. The number of aromatic nitrogens is 4. The first kappa shape index (κ1) is 23.0. The standard InChI is InChI=1S/C16H10Cl2N8O5S/c1-6-8(5-19)12(27)21-13(28)11(6)26-25-9-4-7(2-3-10(9)32(29,30)31)20-16-23-14(17)22-15(18)24-16/h2-4H,1H3,(H2,21,27,28)(H,29,30,31)(H,20,22,23,24). The molecule has 0 atom stereocenters. The quantitative estimate of drug-likeness (QED) is 0.296. The lowest BCUT2D eigenvalue weighted by Gasteiger charge is -2.08. The van der Waals surface area contributed by atoms with E-state index in [2.05, 4.69) is 35.5 Å². The Morgan fingerprint density at radius 3 is 2.31 bits per heavy atom. The number of benzene rings is 1. The van der Waals surface area contributed by atoms with Gasteiger partial charge in [0.15, 0.2) is 5.69 Å². The number of nitriles is 1. The van der Waals surface area contributed by atoms with Crippen molar-refractivity contribution in [2.45, 2.75) is 11.8 Å². The van der Waals surface area contributed by atoms with Gasteiger partial charge in [0.05, 0.1) is 0 Å². The van der Waals surface area contributed by atoms with Gasteiger partial charge in [-0.05, 0) is 48.3 Å². The zero-order valence-corrected chi connectivity index (χ0v) is 18.0. The minimum absolute atomic E-state index is 0.0402. The predicted octanol–water partition coefficient (Wildman–Crippen LogP) is 3.57. The molecule has 0 spiro atoms. The van der Waals surface area contributed by atoms with Gasteiger partial charge in [0, 0.05) is 11.3 Å². The Balaban J connectivity index is 2.09. The second-order valence-electron chi connectivity index (χ2n) is 5.90. The van der Waals surface area contributed by atoms with E-state index in [-0.39, 0.29) is 44.7 Å². The number of rotatable bonds is 5. The molecule has 0 saturated heterocycles. The van der Waals surface area contributed by atoms with Crippen LogP contribution in [0.15, 0.2) is 33.3 Å². The molecule has 2 heterocycles. The maximum absolute atomic E-state index is 11.7. The zero-order valence-electron chi connectivity index (χ0n) is 15.7. The monoisotopic (exact) mass is 496 g/mol. The molecule has 3 rings (SSSR count). The summed E-state index contributed by atoms with van der Waals surface area (Å²) in [7, 11) is -4.72. The highest BCUT2D eigenvalue weighted by Crippen LogP contribution is 2.37. The van der Waals surface area contributed by atoms with E-state index in [1.165, 1.54) is 19.1 Å². The average Bonchev–Trinajstić information content (AvgIpc) is 2.66. The van der Waals surface area contributed by atoms with Gasteiger partial charge in [-0.15, -0.1) is 10.2 Å². The summed E-state index contributed by atoms with van der Waals surface area (Å²) in [5.74, 6) is -1.52. The minimum Gasteiger partial charge on any atom is -0.492 e. The van der Waals surface area contributed by atoms with Crippen molar-refractivity contribution in [1.82, 2.24) is 19.9 Å². The zero-order chi connectivity index (χ0) is 23.6. The Hall–Kier alpha value is -3.64. The molecule has 0 fully saturated rings. The van der Waals surface area contributed by atoms with E-state index in [4.69, 9.17) is 28.5 Å². The number of azo groups is 1. The van der Waals surface area contributed by atoms with E-state index in [9.17, 15) is 23.2 Å². The first-order valence-corrected chi connectivity index (χ1v) is 10.4. The Bertz CT molecular complexity index is 1390. The molecule has 0 saturated carbocycles. The van der Waals surface area contributed by atoms with Crippen molar-refractivity contribution in [3.05, 3.63) is 39.9 Å². The molecule has 16 heteroatoms. The van der Waals surface area contributed by atoms with Crippen molar-refractivity contribution in [2.24, 2.45) is 10.2 Å². The number of hydrogen-bond donors (Lipinski definition) is 4. The van der Waals surface area contributed by atoms with Crippen LogP contribution in [0.25, 0.3) is 0 Å². The van der Waals surface area contributed by atoms with Gasteiger partial charge in [-0.25, -0.2) is 0 Å². The molecule has 0 radical (unpaired) electrons.